The van der Waals surface area contributed by atoms with Crippen molar-refractivity contribution in [2.45, 2.75) is 37.1 Å². The standard InChI is InChI=1S/C24H31FN4OS/c1-26(2)23(30)29-17-24(21-15-18(25)3-4-22(21)29)8-12-28(13-9-24)19-5-10-27(11-6-19)20-7-14-31-16-20/h3-4,7,14-16,19H,5-6,8-13,17H2,1-2H3. The topological polar surface area (TPSA) is 30.0 Å². The fourth-order valence-electron chi connectivity index (χ4n) is 5.72. The summed E-state index contributed by atoms with van der Waals surface area (Å²) in [4.78, 5) is 21.4. The summed E-state index contributed by atoms with van der Waals surface area (Å²) in [5, 5.41) is 4.39. The van der Waals surface area contributed by atoms with Gasteiger partial charge < -0.3 is 14.7 Å². The van der Waals surface area contributed by atoms with Crippen LogP contribution < -0.4 is 9.80 Å². The molecule has 3 aliphatic heterocycles. The number of likely N-dealkylation sites (tertiary alicyclic amines) is 1. The predicted molar refractivity (Wildman–Crippen MR) is 125 cm³/mol. The largest absolute Gasteiger partial charge is 0.371 e. The van der Waals surface area contributed by atoms with Crippen molar-refractivity contribution in [2.75, 3.05) is 56.6 Å². The van der Waals surface area contributed by atoms with Crippen molar-refractivity contribution in [3.05, 3.63) is 46.4 Å². The van der Waals surface area contributed by atoms with Gasteiger partial charge in [0.25, 0.3) is 0 Å². The Morgan fingerprint density at radius 2 is 1.87 bits per heavy atom. The molecule has 31 heavy (non-hydrogen) atoms. The molecule has 0 N–H and O–H groups in total. The van der Waals surface area contributed by atoms with Gasteiger partial charge in [0, 0.05) is 61.9 Å². The minimum absolute atomic E-state index is 0.0204. The van der Waals surface area contributed by atoms with E-state index in [9.17, 15) is 9.18 Å². The number of piperidine rings is 2. The SMILES string of the molecule is CN(C)C(=O)N1CC2(CCN(C3CCN(c4ccsc4)CC3)CC2)c2cc(F)ccc21. The lowest BCUT2D eigenvalue weighted by molar-refractivity contribution is 0.104. The van der Waals surface area contributed by atoms with Crippen LogP contribution in [0.4, 0.5) is 20.6 Å². The number of thiophene rings is 1. The second-order valence-corrected chi connectivity index (χ2v) is 10.2. The Morgan fingerprint density at radius 1 is 1.13 bits per heavy atom. The molecular weight excluding hydrogens is 411 g/mol. The molecule has 3 aliphatic rings. The van der Waals surface area contributed by atoms with Gasteiger partial charge in [-0.15, -0.1) is 0 Å². The fourth-order valence-corrected chi connectivity index (χ4v) is 6.39. The monoisotopic (exact) mass is 442 g/mol. The molecule has 7 heteroatoms. The number of amides is 2. The van der Waals surface area contributed by atoms with Crippen LogP contribution >= 0.6 is 11.3 Å². The Balaban J connectivity index is 1.27. The molecule has 0 aliphatic carbocycles. The molecule has 2 amide bonds. The van der Waals surface area contributed by atoms with Crippen molar-refractivity contribution < 1.29 is 9.18 Å². The molecule has 1 spiro atoms. The number of benzene rings is 1. The summed E-state index contributed by atoms with van der Waals surface area (Å²) in [6, 6.07) is 7.76. The fraction of sp³-hybridized carbons (Fsp3) is 0.542. The van der Waals surface area contributed by atoms with Crippen molar-refractivity contribution in [1.82, 2.24) is 9.80 Å². The summed E-state index contributed by atoms with van der Waals surface area (Å²) >= 11 is 1.76. The molecule has 0 atom stereocenters. The van der Waals surface area contributed by atoms with Crippen LogP contribution in [-0.2, 0) is 5.41 Å². The lowest BCUT2D eigenvalue weighted by Gasteiger charge is -2.45. The number of carbonyl (C=O) groups is 1. The van der Waals surface area contributed by atoms with Crippen LogP contribution in [0.25, 0.3) is 0 Å². The average molecular weight is 443 g/mol. The highest BCUT2D eigenvalue weighted by Crippen LogP contribution is 2.48. The van der Waals surface area contributed by atoms with E-state index in [2.05, 4.69) is 26.6 Å². The van der Waals surface area contributed by atoms with E-state index in [1.807, 2.05) is 4.90 Å². The molecule has 0 bridgehead atoms. The van der Waals surface area contributed by atoms with E-state index in [1.54, 1.807) is 42.5 Å². The number of fused-ring (bicyclic) bond motifs is 2. The maximum Gasteiger partial charge on any atom is 0.323 e. The second kappa shape index (κ2) is 8.10. The molecule has 4 heterocycles. The van der Waals surface area contributed by atoms with E-state index in [-0.39, 0.29) is 17.3 Å². The van der Waals surface area contributed by atoms with Crippen molar-refractivity contribution in [3.63, 3.8) is 0 Å². The third-order valence-electron chi connectivity index (χ3n) is 7.50. The Kier molecular flexibility index (Phi) is 5.42. The molecule has 5 nitrogen and oxygen atoms in total. The number of halogens is 1. The quantitative estimate of drug-likeness (QED) is 0.691. The van der Waals surface area contributed by atoms with Gasteiger partial charge >= 0.3 is 6.03 Å². The Labute approximate surface area is 188 Å². The number of urea groups is 1. The zero-order chi connectivity index (χ0) is 21.6. The van der Waals surface area contributed by atoms with E-state index in [0.717, 1.165) is 50.3 Å². The molecule has 1 aromatic heterocycles. The molecule has 2 saturated heterocycles. The Bertz CT molecular complexity index is 931. The highest BCUT2D eigenvalue weighted by atomic mass is 32.1. The van der Waals surface area contributed by atoms with Gasteiger partial charge in [-0.2, -0.15) is 11.3 Å². The summed E-state index contributed by atoms with van der Waals surface area (Å²) in [5.41, 5.74) is 3.14. The first-order valence-electron chi connectivity index (χ1n) is 11.3. The van der Waals surface area contributed by atoms with Gasteiger partial charge in [-0.25, -0.2) is 9.18 Å². The Morgan fingerprint density at radius 3 is 2.52 bits per heavy atom. The zero-order valence-corrected chi connectivity index (χ0v) is 19.2. The van der Waals surface area contributed by atoms with Gasteiger partial charge in [0.05, 0.1) is 0 Å². The smallest absolute Gasteiger partial charge is 0.323 e. The van der Waals surface area contributed by atoms with Crippen LogP contribution in [0.5, 0.6) is 0 Å². The number of hydrogen-bond acceptors (Lipinski definition) is 4. The predicted octanol–water partition coefficient (Wildman–Crippen LogP) is 4.39. The van der Waals surface area contributed by atoms with Crippen LogP contribution in [0, 0.1) is 5.82 Å². The zero-order valence-electron chi connectivity index (χ0n) is 18.4. The van der Waals surface area contributed by atoms with Gasteiger partial charge in [0.15, 0.2) is 0 Å². The number of anilines is 2. The van der Waals surface area contributed by atoms with E-state index in [1.165, 1.54) is 24.6 Å². The van der Waals surface area contributed by atoms with Crippen LogP contribution in [0.1, 0.15) is 31.2 Å². The molecule has 1 aromatic carbocycles. The maximum atomic E-state index is 14.2. The summed E-state index contributed by atoms with van der Waals surface area (Å²) in [5.74, 6) is -0.208. The van der Waals surface area contributed by atoms with Crippen LogP contribution in [0.3, 0.4) is 0 Å². The number of carbonyl (C=O) groups excluding carboxylic acids is 1. The van der Waals surface area contributed by atoms with Crippen LogP contribution in [-0.4, -0.2) is 68.7 Å². The van der Waals surface area contributed by atoms with Gasteiger partial charge in [0.1, 0.15) is 5.82 Å². The molecule has 5 rings (SSSR count). The van der Waals surface area contributed by atoms with E-state index in [0.29, 0.717) is 12.6 Å². The third kappa shape index (κ3) is 3.72. The molecule has 2 fully saturated rings. The molecule has 0 radical (unpaired) electrons. The third-order valence-corrected chi connectivity index (χ3v) is 8.17. The van der Waals surface area contributed by atoms with Gasteiger partial charge in [-0.05, 0) is 74.0 Å². The molecular formula is C24H31FN4OS. The minimum Gasteiger partial charge on any atom is -0.371 e. The van der Waals surface area contributed by atoms with Crippen molar-refractivity contribution in [3.8, 4) is 0 Å². The molecule has 0 saturated carbocycles. The van der Waals surface area contributed by atoms with Gasteiger partial charge in [0.2, 0.25) is 0 Å². The van der Waals surface area contributed by atoms with Crippen molar-refractivity contribution in [2.24, 2.45) is 0 Å². The molecule has 2 aromatic rings. The first-order valence-corrected chi connectivity index (χ1v) is 12.2. The van der Waals surface area contributed by atoms with Crippen molar-refractivity contribution >= 4 is 28.7 Å². The molecule has 0 unspecified atom stereocenters. The van der Waals surface area contributed by atoms with E-state index >= 15 is 0 Å². The second-order valence-electron chi connectivity index (χ2n) is 9.44. The average Bonchev–Trinajstić information content (AvgIpc) is 3.42. The first kappa shape index (κ1) is 20.8. The normalized spacial score (nSPS) is 21.5. The van der Waals surface area contributed by atoms with E-state index in [4.69, 9.17) is 0 Å². The van der Waals surface area contributed by atoms with Gasteiger partial charge in [-0.3, -0.25) is 4.90 Å². The molecule has 166 valence electrons. The van der Waals surface area contributed by atoms with Crippen molar-refractivity contribution in [1.29, 1.82) is 0 Å². The van der Waals surface area contributed by atoms with Crippen LogP contribution in [0.15, 0.2) is 35.0 Å². The summed E-state index contributed by atoms with van der Waals surface area (Å²) in [7, 11) is 3.56. The summed E-state index contributed by atoms with van der Waals surface area (Å²) < 4.78 is 14.2. The summed E-state index contributed by atoms with van der Waals surface area (Å²) in [6.07, 6.45) is 4.34. The number of hydrogen-bond donors (Lipinski definition) is 0. The lowest BCUT2D eigenvalue weighted by atomic mass is 9.74. The first-order chi connectivity index (χ1) is 15.0. The van der Waals surface area contributed by atoms with Crippen LogP contribution in [0.2, 0.25) is 0 Å². The number of rotatable bonds is 2. The number of nitrogens with zero attached hydrogens (tertiary/aromatic N) is 4. The highest BCUT2D eigenvalue weighted by Gasteiger charge is 2.47. The highest BCUT2D eigenvalue weighted by molar-refractivity contribution is 7.08. The lowest BCUT2D eigenvalue weighted by Crippen LogP contribution is -2.52. The maximum absolute atomic E-state index is 14.2. The van der Waals surface area contributed by atoms with E-state index < -0.39 is 0 Å². The minimum atomic E-state index is -0.208. The Hall–Kier alpha value is -2.12. The van der Waals surface area contributed by atoms with Gasteiger partial charge in [-0.1, -0.05) is 0 Å². The summed E-state index contributed by atoms with van der Waals surface area (Å²) in [6.45, 7) is 4.92.